The fraction of sp³-hybridized carbons (Fsp3) is 0.500. The number of sulfonamides is 2. The summed E-state index contributed by atoms with van der Waals surface area (Å²) in [5, 5.41) is 5.10. The molecule has 3 rings (SSSR count). The van der Waals surface area contributed by atoms with Crippen molar-refractivity contribution in [2.24, 2.45) is 5.14 Å². The lowest BCUT2D eigenvalue weighted by molar-refractivity contribution is -0.130. The van der Waals surface area contributed by atoms with Crippen molar-refractivity contribution in [2.45, 2.75) is 15.3 Å². The summed E-state index contributed by atoms with van der Waals surface area (Å²) in [6, 6.07) is 1.28. The molecule has 0 saturated carbocycles. The van der Waals surface area contributed by atoms with Crippen LogP contribution in [0.2, 0.25) is 0 Å². The van der Waals surface area contributed by atoms with Gasteiger partial charge in [0.25, 0.3) is 10.0 Å². The highest BCUT2D eigenvalue weighted by Gasteiger charge is 2.32. The van der Waals surface area contributed by atoms with Gasteiger partial charge in [-0.25, -0.2) is 22.0 Å². The molecule has 12 heteroatoms. The molecule has 3 heterocycles. The van der Waals surface area contributed by atoms with E-state index in [0.717, 1.165) is 0 Å². The third-order valence-corrected chi connectivity index (χ3v) is 9.27. The van der Waals surface area contributed by atoms with Crippen molar-refractivity contribution in [2.75, 3.05) is 39.3 Å². The van der Waals surface area contributed by atoms with E-state index in [4.69, 9.17) is 5.14 Å². The van der Waals surface area contributed by atoms with Crippen LogP contribution in [0.4, 0.5) is 0 Å². The summed E-state index contributed by atoms with van der Waals surface area (Å²) in [6.07, 6.45) is 3.03. The van der Waals surface area contributed by atoms with Gasteiger partial charge in [0.2, 0.25) is 15.9 Å². The maximum atomic E-state index is 12.7. The molecule has 0 bridgehead atoms. The number of primary sulfonamides is 1. The zero-order valence-electron chi connectivity index (χ0n) is 14.2. The molecule has 0 aliphatic carbocycles. The Kier molecular flexibility index (Phi) is 5.14. The second-order valence-electron chi connectivity index (χ2n) is 6.13. The van der Waals surface area contributed by atoms with Crippen LogP contribution in [-0.2, 0) is 24.8 Å². The van der Waals surface area contributed by atoms with Crippen molar-refractivity contribution in [1.29, 1.82) is 0 Å². The molecule has 0 unspecified atom stereocenters. The molecule has 2 aliphatic rings. The number of nitrogens with zero attached hydrogens (tertiary/aromatic N) is 3. The molecule has 1 fully saturated rings. The Morgan fingerprint density at radius 1 is 1.23 bits per heavy atom. The molecule has 1 aromatic heterocycles. The zero-order chi connectivity index (χ0) is 19.1. The largest absolute Gasteiger partial charge is 0.340 e. The van der Waals surface area contributed by atoms with Crippen molar-refractivity contribution >= 4 is 43.4 Å². The summed E-state index contributed by atoms with van der Waals surface area (Å²) in [4.78, 5) is 15.2. The highest BCUT2D eigenvalue weighted by atomic mass is 32.3. The standard InChI is InChI=1S/C14H20N4O5S3/c1-11(19)17-7-4-16(5-8-17)6-9-18-3-2-12-10-13(25(15,20)21)24-14(12)26(18,22)23/h2-3,10H,4-9H2,1H3,(H2,15,20,21). The molecule has 0 atom stereocenters. The Labute approximate surface area is 156 Å². The van der Waals surface area contributed by atoms with Gasteiger partial charge >= 0.3 is 0 Å². The van der Waals surface area contributed by atoms with Gasteiger partial charge in [-0.15, -0.1) is 11.3 Å². The lowest BCUT2D eigenvalue weighted by atomic mass is 10.3. The van der Waals surface area contributed by atoms with E-state index in [1.54, 1.807) is 11.0 Å². The molecule has 1 saturated heterocycles. The second-order valence-corrected chi connectivity index (χ2v) is 11.1. The molecular weight excluding hydrogens is 400 g/mol. The Morgan fingerprint density at radius 3 is 2.46 bits per heavy atom. The first-order chi connectivity index (χ1) is 12.1. The van der Waals surface area contributed by atoms with E-state index in [2.05, 4.69) is 4.90 Å². The molecule has 1 amide bonds. The lowest BCUT2D eigenvalue weighted by Crippen LogP contribution is -2.49. The van der Waals surface area contributed by atoms with Crippen LogP contribution in [-0.4, -0.2) is 76.1 Å². The van der Waals surface area contributed by atoms with E-state index in [-0.39, 0.29) is 20.9 Å². The van der Waals surface area contributed by atoms with Crippen LogP contribution in [0, 0.1) is 0 Å². The molecule has 2 N–H and O–H groups in total. The molecule has 144 valence electrons. The van der Waals surface area contributed by atoms with Gasteiger partial charge in [-0.2, -0.15) is 0 Å². The van der Waals surface area contributed by atoms with Gasteiger partial charge in [0.05, 0.1) is 0 Å². The minimum Gasteiger partial charge on any atom is -0.340 e. The molecule has 9 nitrogen and oxygen atoms in total. The van der Waals surface area contributed by atoms with Gasteiger partial charge in [-0.05, 0) is 12.1 Å². The van der Waals surface area contributed by atoms with Crippen LogP contribution >= 0.6 is 11.3 Å². The lowest BCUT2D eigenvalue weighted by Gasteiger charge is -2.35. The van der Waals surface area contributed by atoms with E-state index < -0.39 is 20.0 Å². The SMILES string of the molecule is CC(=O)N1CCN(CCN2C=Cc3cc(S(N)(=O)=O)sc3S2(=O)=O)CC1. The van der Waals surface area contributed by atoms with Gasteiger partial charge < -0.3 is 4.90 Å². The van der Waals surface area contributed by atoms with E-state index in [1.807, 2.05) is 0 Å². The summed E-state index contributed by atoms with van der Waals surface area (Å²) in [5.74, 6) is 0.0436. The van der Waals surface area contributed by atoms with Crippen molar-refractivity contribution in [3.63, 3.8) is 0 Å². The average Bonchev–Trinajstić information content (AvgIpc) is 3.00. The third-order valence-electron chi connectivity index (χ3n) is 4.40. The number of nitrogens with two attached hydrogens (primary N) is 1. The van der Waals surface area contributed by atoms with Crippen LogP contribution in [0.1, 0.15) is 12.5 Å². The topological polar surface area (TPSA) is 121 Å². The Bertz CT molecular complexity index is 943. The number of carbonyl (C=O) groups excluding carboxylic acids is 1. The highest BCUT2D eigenvalue weighted by molar-refractivity contribution is 7.94. The van der Waals surface area contributed by atoms with E-state index >= 15 is 0 Å². The summed E-state index contributed by atoms with van der Waals surface area (Å²) in [7, 11) is -7.74. The predicted molar refractivity (Wildman–Crippen MR) is 97.3 cm³/mol. The number of rotatable bonds is 4. The maximum Gasteiger partial charge on any atom is 0.274 e. The van der Waals surface area contributed by atoms with Crippen molar-refractivity contribution < 1.29 is 21.6 Å². The monoisotopic (exact) mass is 420 g/mol. The molecule has 0 aromatic carbocycles. The quantitative estimate of drug-likeness (QED) is 0.703. The summed E-state index contributed by atoms with van der Waals surface area (Å²) in [6.45, 7) is 4.96. The summed E-state index contributed by atoms with van der Waals surface area (Å²) in [5.41, 5.74) is 0.338. The number of hydrogen-bond acceptors (Lipinski definition) is 7. The fourth-order valence-electron chi connectivity index (χ4n) is 2.89. The number of piperazine rings is 1. The van der Waals surface area contributed by atoms with Crippen LogP contribution in [0.25, 0.3) is 6.08 Å². The minimum absolute atomic E-state index is 0.00887. The summed E-state index contributed by atoms with van der Waals surface area (Å²) >= 11 is 0.666. The molecule has 0 spiro atoms. The number of amides is 1. The smallest absolute Gasteiger partial charge is 0.274 e. The highest BCUT2D eigenvalue weighted by Crippen LogP contribution is 2.35. The van der Waals surface area contributed by atoms with Gasteiger partial charge in [-0.3, -0.25) is 14.0 Å². The minimum atomic E-state index is -3.95. The van der Waals surface area contributed by atoms with Crippen molar-refractivity contribution in [3.05, 3.63) is 17.8 Å². The number of fused-ring (bicyclic) bond motifs is 1. The average molecular weight is 421 g/mol. The maximum absolute atomic E-state index is 12.7. The molecule has 2 aliphatic heterocycles. The third kappa shape index (κ3) is 3.78. The normalized spacial score (nSPS) is 20.2. The summed E-state index contributed by atoms with van der Waals surface area (Å²) < 4.78 is 49.5. The first-order valence-corrected chi connectivity index (χ1v) is 11.7. The van der Waals surface area contributed by atoms with E-state index in [1.165, 1.54) is 23.5 Å². The van der Waals surface area contributed by atoms with Crippen LogP contribution in [0.3, 0.4) is 0 Å². The number of hydrogen-bond donors (Lipinski definition) is 1. The van der Waals surface area contributed by atoms with Crippen molar-refractivity contribution in [1.82, 2.24) is 14.1 Å². The molecular formula is C14H20N4O5S3. The van der Waals surface area contributed by atoms with Gasteiger partial charge in [-0.1, -0.05) is 0 Å². The molecule has 1 aromatic rings. The fourth-order valence-corrected chi connectivity index (χ4v) is 6.83. The number of carbonyl (C=O) groups is 1. The number of thiophene rings is 1. The predicted octanol–water partition coefficient (Wildman–Crippen LogP) is -0.465. The van der Waals surface area contributed by atoms with Gasteiger partial charge in [0, 0.05) is 58.0 Å². The molecule has 0 radical (unpaired) electrons. The van der Waals surface area contributed by atoms with E-state index in [0.29, 0.717) is 49.6 Å². The Balaban J connectivity index is 1.68. The second kappa shape index (κ2) is 6.93. The molecule has 26 heavy (non-hydrogen) atoms. The van der Waals surface area contributed by atoms with Gasteiger partial charge in [0.1, 0.15) is 8.42 Å². The first kappa shape index (κ1) is 19.3. The van der Waals surface area contributed by atoms with Crippen LogP contribution in [0.15, 0.2) is 20.7 Å². The van der Waals surface area contributed by atoms with Crippen LogP contribution in [0.5, 0.6) is 0 Å². The van der Waals surface area contributed by atoms with E-state index in [9.17, 15) is 21.6 Å². The van der Waals surface area contributed by atoms with Gasteiger partial charge in [0.15, 0.2) is 0 Å². The van der Waals surface area contributed by atoms with Crippen molar-refractivity contribution in [3.8, 4) is 0 Å². The first-order valence-electron chi connectivity index (χ1n) is 7.93. The Morgan fingerprint density at radius 2 is 1.88 bits per heavy atom. The van der Waals surface area contributed by atoms with Crippen LogP contribution < -0.4 is 5.14 Å². The Hall–Kier alpha value is -1.47. The zero-order valence-corrected chi connectivity index (χ0v) is 16.6.